The first-order chi connectivity index (χ1) is 16.2. The summed E-state index contributed by atoms with van der Waals surface area (Å²) in [6, 6.07) is 17.6. The fourth-order valence-electron chi connectivity index (χ4n) is 3.32. The van der Waals surface area contributed by atoms with Crippen molar-refractivity contribution in [2.24, 2.45) is 0 Å². The first kappa shape index (κ1) is 23.7. The van der Waals surface area contributed by atoms with E-state index in [1.807, 2.05) is 0 Å². The molecular formula is C24H17Br2FN4O3. The molecule has 0 saturated carbocycles. The van der Waals surface area contributed by atoms with E-state index in [0.717, 1.165) is 14.5 Å². The predicted molar refractivity (Wildman–Crippen MR) is 136 cm³/mol. The lowest BCUT2D eigenvalue weighted by molar-refractivity contribution is -0.133. The number of carbonyl (C=O) groups is 3. The fraction of sp³-hybridized carbons (Fsp3) is 0.0417. The molecule has 0 atom stereocenters. The van der Waals surface area contributed by atoms with E-state index in [1.54, 1.807) is 49.4 Å². The van der Waals surface area contributed by atoms with Crippen molar-refractivity contribution in [3.63, 3.8) is 0 Å². The number of benzene rings is 3. The molecule has 3 aromatic carbocycles. The Kier molecular flexibility index (Phi) is 6.80. The van der Waals surface area contributed by atoms with E-state index in [-0.39, 0.29) is 11.4 Å². The van der Waals surface area contributed by atoms with Crippen LogP contribution in [0.25, 0.3) is 10.9 Å². The molecular weight excluding hydrogens is 571 g/mol. The SMILES string of the molecule is Cc1cc(Br)ccc1NC(=O)C(=O)Nn1c(C(=O)Nc2ccccc2F)cc2cc(Br)ccc21. The minimum atomic E-state index is -0.984. The van der Waals surface area contributed by atoms with Gasteiger partial charge >= 0.3 is 11.8 Å². The molecule has 0 radical (unpaired) electrons. The van der Waals surface area contributed by atoms with Gasteiger partial charge in [0.25, 0.3) is 5.91 Å². The van der Waals surface area contributed by atoms with Crippen molar-refractivity contribution in [3.8, 4) is 0 Å². The molecule has 0 spiro atoms. The van der Waals surface area contributed by atoms with Crippen LogP contribution in [-0.2, 0) is 9.59 Å². The van der Waals surface area contributed by atoms with Crippen molar-refractivity contribution in [1.29, 1.82) is 0 Å². The maximum Gasteiger partial charge on any atom is 0.328 e. The first-order valence-electron chi connectivity index (χ1n) is 9.98. The molecule has 1 heterocycles. The fourth-order valence-corrected chi connectivity index (χ4v) is 4.18. The van der Waals surface area contributed by atoms with E-state index in [4.69, 9.17) is 0 Å². The molecule has 0 saturated heterocycles. The van der Waals surface area contributed by atoms with Crippen molar-refractivity contribution in [2.75, 3.05) is 16.1 Å². The number of nitrogens with zero attached hydrogens (tertiary/aromatic N) is 1. The molecule has 0 unspecified atom stereocenters. The number of amides is 3. The van der Waals surface area contributed by atoms with Crippen LogP contribution in [0.4, 0.5) is 15.8 Å². The van der Waals surface area contributed by atoms with Gasteiger partial charge in [0.2, 0.25) is 0 Å². The Morgan fingerprint density at radius 1 is 0.824 bits per heavy atom. The van der Waals surface area contributed by atoms with E-state index in [0.29, 0.717) is 16.6 Å². The summed E-state index contributed by atoms with van der Waals surface area (Å²) >= 11 is 6.72. The number of halogens is 3. The number of para-hydroxylation sites is 1. The molecule has 0 fully saturated rings. The van der Waals surface area contributed by atoms with Gasteiger partial charge in [-0.2, -0.15) is 0 Å². The summed E-state index contributed by atoms with van der Waals surface area (Å²) in [5.74, 6) is -3.16. The monoisotopic (exact) mass is 586 g/mol. The molecule has 1 aromatic heterocycles. The van der Waals surface area contributed by atoms with Crippen LogP contribution in [0, 0.1) is 12.7 Å². The van der Waals surface area contributed by atoms with Gasteiger partial charge in [0.1, 0.15) is 11.5 Å². The van der Waals surface area contributed by atoms with Crippen LogP contribution in [0.5, 0.6) is 0 Å². The molecule has 3 amide bonds. The normalized spacial score (nSPS) is 10.7. The number of aryl methyl sites for hydroxylation is 1. The zero-order valence-electron chi connectivity index (χ0n) is 17.7. The van der Waals surface area contributed by atoms with Gasteiger partial charge in [0.05, 0.1) is 11.2 Å². The molecule has 0 bridgehead atoms. The van der Waals surface area contributed by atoms with Crippen molar-refractivity contribution in [1.82, 2.24) is 4.68 Å². The summed E-state index contributed by atoms with van der Waals surface area (Å²) < 4.78 is 16.8. The lowest BCUT2D eigenvalue weighted by atomic mass is 10.2. The number of aromatic nitrogens is 1. The van der Waals surface area contributed by atoms with E-state index in [9.17, 15) is 18.8 Å². The molecule has 3 N–H and O–H groups in total. The van der Waals surface area contributed by atoms with Crippen LogP contribution in [0.3, 0.4) is 0 Å². The quantitative estimate of drug-likeness (QED) is 0.272. The third-order valence-corrected chi connectivity index (χ3v) is 5.96. The van der Waals surface area contributed by atoms with Gasteiger partial charge in [0, 0.05) is 20.0 Å². The van der Waals surface area contributed by atoms with E-state index >= 15 is 0 Å². The minimum absolute atomic E-state index is 0.0114. The maximum atomic E-state index is 14.1. The smallest absolute Gasteiger partial charge is 0.318 e. The third kappa shape index (κ3) is 5.02. The van der Waals surface area contributed by atoms with Gasteiger partial charge in [-0.25, -0.2) is 9.07 Å². The lowest BCUT2D eigenvalue weighted by Crippen LogP contribution is -2.36. The number of carbonyl (C=O) groups excluding carboxylic acids is 3. The number of hydrogen-bond donors (Lipinski definition) is 3. The van der Waals surface area contributed by atoms with Gasteiger partial charge < -0.3 is 10.6 Å². The number of nitrogens with one attached hydrogen (secondary N) is 3. The molecule has 4 aromatic rings. The summed E-state index contributed by atoms with van der Waals surface area (Å²) in [7, 11) is 0. The molecule has 0 aliphatic carbocycles. The Morgan fingerprint density at radius 2 is 1.53 bits per heavy atom. The molecule has 0 aliphatic heterocycles. The Balaban J connectivity index is 1.64. The molecule has 0 aliphatic rings. The predicted octanol–water partition coefficient (Wildman–Crippen LogP) is 5.57. The summed E-state index contributed by atoms with van der Waals surface area (Å²) in [4.78, 5) is 38.3. The number of hydrogen-bond acceptors (Lipinski definition) is 3. The third-order valence-electron chi connectivity index (χ3n) is 4.97. The Hall–Kier alpha value is -3.50. The molecule has 7 nitrogen and oxygen atoms in total. The average Bonchev–Trinajstić information content (AvgIpc) is 3.14. The summed E-state index contributed by atoms with van der Waals surface area (Å²) in [5.41, 5.74) is 4.18. The molecule has 4 rings (SSSR count). The largest absolute Gasteiger partial charge is 0.328 e. The van der Waals surface area contributed by atoms with Crippen LogP contribution < -0.4 is 16.1 Å². The van der Waals surface area contributed by atoms with E-state index in [2.05, 4.69) is 47.9 Å². The standard InChI is InChI=1S/C24H17Br2FN4O3/c1-13-10-15(25)6-8-18(13)28-23(33)24(34)30-31-20-9-7-16(26)11-14(20)12-21(31)22(32)29-19-5-3-2-4-17(19)27/h2-12H,1H3,(H,28,33)(H,29,32)(H,30,34). The average molecular weight is 588 g/mol. The van der Waals surface area contributed by atoms with Crippen molar-refractivity contribution < 1.29 is 18.8 Å². The Labute approximate surface area is 210 Å². The zero-order chi connectivity index (χ0) is 24.4. The summed E-state index contributed by atoms with van der Waals surface area (Å²) in [6.45, 7) is 1.79. The van der Waals surface area contributed by atoms with Gasteiger partial charge in [-0.05, 0) is 67.1 Å². The van der Waals surface area contributed by atoms with E-state index in [1.165, 1.54) is 28.9 Å². The van der Waals surface area contributed by atoms with Gasteiger partial charge in [-0.3, -0.25) is 19.8 Å². The maximum absolute atomic E-state index is 14.1. The van der Waals surface area contributed by atoms with Crippen LogP contribution >= 0.6 is 31.9 Å². The number of fused-ring (bicyclic) bond motifs is 1. The lowest BCUT2D eigenvalue weighted by Gasteiger charge is -2.13. The number of anilines is 2. The second-order valence-corrected chi connectivity index (χ2v) is 9.19. The van der Waals surface area contributed by atoms with Crippen LogP contribution in [0.2, 0.25) is 0 Å². The zero-order valence-corrected chi connectivity index (χ0v) is 20.8. The summed E-state index contributed by atoms with van der Waals surface area (Å²) in [6.07, 6.45) is 0. The van der Waals surface area contributed by atoms with Gasteiger partial charge in [0.15, 0.2) is 0 Å². The van der Waals surface area contributed by atoms with Gasteiger partial charge in [-0.15, -0.1) is 0 Å². The highest BCUT2D eigenvalue weighted by Crippen LogP contribution is 2.25. The highest BCUT2D eigenvalue weighted by Gasteiger charge is 2.22. The van der Waals surface area contributed by atoms with Crippen LogP contribution in [-0.4, -0.2) is 22.4 Å². The van der Waals surface area contributed by atoms with Crippen LogP contribution in [0.15, 0.2) is 75.7 Å². The second kappa shape index (κ2) is 9.78. The summed E-state index contributed by atoms with van der Waals surface area (Å²) in [5, 5.41) is 5.68. The Bertz CT molecular complexity index is 1450. The Morgan fingerprint density at radius 3 is 2.26 bits per heavy atom. The topological polar surface area (TPSA) is 92.2 Å². The van der Waals surface area contributed by atoms with Crippen molar-refractivity contribution in [3.05, 3.63) is 92.8 Å². The molecule has 10 heteroatoms. The highest BCUT2D eigenvalue weighted by atomic mass is 79.9. The van der Waals surface area contributed by atoms with Gasteiger partial charge in [-0.1, -0.05) is 44.0 Å². The first-order valence-corrected chi connectivity index (χ1v) is 11.6. The second-order valence-electron chi connectivity index (χ2n) is 7.36. The van der Waals surface area contributed by atoms with Crippen LogP contribution in [0.1, 0.15) is 16.1 Å². The molecule has 34 heavy (non-hydrogen) atoms. The van der Waals surface area contributed by atoms with E-state index < -0.39 is 23.5 Å². The molecule has 172 valence electrons. The minimum Gasteiger partial charge on any atom is -0.318 e. The highest BCUT2D eigenvalue weighted by molar-refractivity contribution is 9.10. The number of rotatable bonds is 4. The van der Waals surface area contributed by atoms with Crippen molar-refractivity contribution >= 4 is 71.9 Å². The van der Waals surface area contributed by atoms with Crippen molar-refractivity contribution in [2.45, 2.75) is 6.92 Å².